The molecule has 0 unspecified atom stereocenters. The van der Waals surface area contributed by atoms with Crippen molar-refractivity contribution in [3.63, 3.8) is 0 Å². The molecule has 0 aliphatic carbocycles. The third-order valence-corrected chi connectivity index (χ3v) is 4.35. The molecule has 0 aliphatic rings. The van der Waals surface area contributed by atoms with Gasteiger partial charge in [0.05, 0.1) is 17.5 Å². The zero-order valence-corrected chi connectivity index (χ0v) is 16.1. The van der Waals surface area contributed by atoms with Gasteiger partial charge in [0.15, 0.2) is 0 Å². The highest BCUT2D eigenvalue weighted by molar-refractivity contribution is 6.30. The van der Waals surface area contributed by atoms with E-state index in [4.69, 9.17) is 16.0 Å². The van der Waals surface area contributed by atoms with Gasteiger partial charge in [-0.05, 0) is 61.9 Å². The van der Waals surface area contributed by atoms with Crippen LogP contribution in [0.3, 0.4) is 0 Å². The Labute approximate surface area is 167 Å². The normalized spacial score (nSPS) is 11.2. The van der Waals surface area contributed by atoms with Crippen molar-refractivity contribution in [3.8, 4) is 0 Å². The quantitative estimate of drug-likeness (QED) is 0.487. The average Bonchev–Trinajstić information content (AvgIpc) is 3.13. The molecule has 2 N–H and O–H groups in total. The lowest BCUT2D eigenvalue weighted by molar-refractivity contribution is 0.0952. The van der Waals surface area contributed by atoms with Gasteiger partial charge in [0.2, 0.25) is 0 Å². The number of nitrogens with one attached hydrogen (secondary N) is 2. The highest BCUT2D eigenvalue weighted by atomic mass is 35.5. The van der Waals surface area contributed by atoms with Gasteiger partial charge < -0.3 is 9.73 Å². The zero-order valence-electron chi connectivity index (χ0n) is 15.3. The Morgan fingerprint density at radius 3 is 2.18 bits per heavy atom. The van der Waals surface area contributed by atoms with E-state index in [1.165, 1.54) is 6.26 Å². The Hall–Kier alpha value is -3.38. The van der Waals surface area contributed by atoms with Crippen molar-refractivity contribution in [3.05, 3.63) is 88.3 Å². The zero-order chi connectivity index (χ0) is 20.1. The maximum Gasteiger partial charge on any atom is 0.274 e. The van der Waals surface area contributed by atoms with Crippen LogP contribution in [0.25, 0.3) is 0 Å². The van der Waals surface area contributed by atoms with E-state index >= 15 is 0 Å². The molecule has 0 bridgehead atoms. The molecule has 1 aromatic heterocycles. The van der Waals surface area contributed by atoms with E-state index in [0.717, 1.165) is 5.56 Å². The number of amides is 2. The third kappa shape index (κ3) is 4.66. The Kier molecular flexibility index (Phi) is 5.91. The first kappa shape index (κ1) is 19.4. The fourth-order valence-corrected chi connectivity index (χ4v) is 2.61. The summed E-state index contributed by atoms with van der Waals surface area (Å²) in [7, 11) is 0. The molecular weight excluding hydrogens is 378 g/mol. The number of nitrogens with zero attached hydrogens (tertiary/aromatic N) is 1. The number of carbonyl (C=O) groups is 2. The Morgan fingerprint density at radius 1 is 0.929 bits per heavy atom. The molecule has 0 saturated carbocycles. The molecule has 0 atom stereocenters. The van der Waals surface area contributed by atoms with Gasteiger partial charge in [-0.15, -0.1) is 0 Å². The number of hydrazone groups is 1. The van der Waals surface area contributed by atoms with E-state index in [1.54, 1.807) is 56.3 Å². The van der Waals surface area contributed by atoms with Gasteiger partial charge in [-0.3, -0.25) is 9.59 Å². The molecule has 0 spiro atoms. The van der Waals surface area contributed by atoms with E-state index in [2.05, 4.69) is 15.8 Å². The standard InChI is InChI=1S/C21H18ClN3O3/c1-13(24-25-21(27)19-11-12-28-14(19)2)15-5-9-18(10-6-15)23-20(26)16-3-7-17(22)8-4-16/h3-12H,1-2H3,(H,23,26)(H,25,27). The van der Waals surface area contributed by atoms with Crippen LogP contribution in [0.2, 0.25) is 5.02 Å². The smallest absolute Gasteiger partial charge is 0.274 e. The van der Waals surface area contributed by atoms with Gasteiger partial charge >= 0.3 is 0 Å². The topological polar surface area (TPSA) is 83.7 Å². The molecule has 6 nitrogen and oxygen atoms in total. The summed E-state index contributed by atoms with van der Waals surface area (Å²) in [6.07, 6.45) is 1.46. The number of aryl methyl sites for hydroxylation is 1. The predicted molar refractivity (Wildman–Crippen MR) is 109 cm³/mol. The molecule has 3 aromatic rings. The molecule has 2 aromatic carbocycles. The number of benzene rings is 2. The van der Waals surface area contributed by atoms with Crippen LogP contribution in [0.15, 0.2) is 70.4 Å². The molecule has 142 valence electrons. The summed E-state index contributed by atoms with van der Waals surface area (Å²) in [4.78, 5) is 24.3. The number of furan rings is 1. The fraction of sp³-hybridized carbons (Fsp3) is 0.0952. The van der Waals surface area contributed by atoms with Crippen LogP contribution in [-0.2, 0) is 0 Å². The molecule has 7 heteroatoms. The molecular formula is C21H18ClN3O3. The number of anilines is 1. The van der Waals surface area contributed by atoms with Gasteiger partial charge in [-0.25, -0.2) is 5.43 Å². The van der Waals surface area contributed by atoms with Crippen molar-refractivity contribution in [2.45, 2.75) is 13.8 Å². The number of carbonyl (C=O) groups excluding carboxylic acids is 2. The van der Waals surface area contributed by atoms with E-state index in [1.807, 2.05) is 12.1 Å². The monoisotopic (exact) mass is 395 g/mol. The summed E-state index contributed by atoms with van der Waals surface area (Å²) in [6, 6.07) is 15.4. The summed E-state index contributed by atoms with van der Waals surface area (Å²) in [6.45, 7) is 3.49. The molecule has 0 radical (unpaired) electrons. The van der Waals surface area contributed by atoms with E-state index in [9.17, 15) is 9.59 Å². The van der Waals surface area contributed by atoms with E-state index in [-0.39, 0.29) is 11.8 Å². The van der Waals surface area contributed by atoms with Crippen molar-refractivity contribution < 1.29 is 14.0 Å². The van der Waals surface area contributed by atoms with Crippen molar-refractivity contribution in [2.75, 3.05) is 5.32 Å². The summed E-state index contributed by atoms with van der Waals surface area (Å²) in [5.41, 5.74) is 5.56. The largest absolute Gasteiger partial charge is 0.469 e. The van der Waals surface area contributed by atoms with Crippen LogP contribution >= 0.6 is 11.6 Å². The first-order valence-corrected chi connectivity index (χ1v) is 8.88. The number of hydrogen-bond acceptors (Lipinski definition) is 4. The van der Waals surface area contributed by atoms with Crippen LogP contribution in [0.1, 0.15) is 39.0 Å². The first-order chi connectivity index (χ1) is 13.4. The lowest BCUT2D eigenvalue weighted by Gasteiger charge is -2.07. The Morgan fingerprint density at radius 2 is 1.57 bits per heavy atom. The summed E-state index contributed by atoms with van der Waals surface area (Å²) in [5.74, 6) is -0.0267. The highest BCUT2D eigenvalue weighted by Crippen LogP contribution is 2.14. The fourth-order valence-electron chi connectivity index (χ4n) is 2.48. The predicted octanol–water partition coefficient (Wildman–Crippen LogP) is 4.65. The minimum Gasteiger partial charge on any atom is -0.469 e. The van der Waals surface area contributed by atoms with Crippen LogP contribution < -0.4 is 10.7 Å². The summed E-state index contributed by atoms with van der Waals surface area (Å²) < 4.78 is 5.11. The maximum absolute atomic E-state index is 12.2. The third-order valence-electron chi connectivity index (χ3n) is 4.10. The van der Waals surface area contributed by atoms with Gasteiger partial charge in [0.1, 0.15) is 5.76 Å². The number of hydrogen-bond donors (Lipinski definition) is 2. The van der Waals surface area contributed by atoms with Crippen molar-refractivity contribution in [1.29, 1.82) is 0 Å². The molecule has 0 aliphatic heterocycles. The lowest BCUT2D eigenvalue weighted by Crippen LogP contribution is -2.19. The molecule has 0 fully saturated rings. The van der Waals surface area contributed by atoms with Crippen LogP contribution in [0.5, 0.6) is 0 Å². The maximum atomic E-state index is 12.2. The second-order valence-corrected chi connectivity index (χ2v) is 6.50. The van der Waals surface area contributed by atoms with Crippen molar-refractivity contribution >= 4 is 34.8 Å². The second kappa shape index (κ2) is 8.54. The molecule has 28 heavy (non-hydrogen) atoms. The van der Waals surface area contributed by atoms with E-state index in [0.29, 0.717) is 33.3 Å². The Bertz CT molecular complexity index is 1020. The van der Waals surface area contributed by atoms with Gasteiger partial charge in [-0.1, -0.05) is 23.7 Å². The van der Waals surface area contributed by atoms with Crippen molar-refractivity contribution in [2.24, 2.45) is 5.10 Å². The lowest BCUT2D eigenvalue weighted by atomic mass is 10.1. The summed E-state index contributed by atoms with van der Waals surface area (Å²) >= 11 is 5.83. The Balaban J connectivity index is 1.63. The summed E-state index contributed by atoms with van der Waals surface area (Å²) in [5, 5.41) is 7.50. The number of halogens is 1. The molecule has 0 saturated heterocycles. The van der Waals surface area contributed by atoms with Gasteiger partial charge in [0, 0.05) is 16.3 Å². The van der Waals surface area contributed by atoms with E-state index < -0.39 is 0 Å². The molecule has 3 rings (SSSR count). The minimum absolute atomic E-state index is 0.224. The second-order valence-electron chi connectivity index (χ2n) is 6.07. The van der Waals surface area contributed by atoms with Crippen LogP contribution in [0, 0.1) is 6.92 Å². The van der Waals surface area contributed by atoms with Crippen LogP contribution in [-0.4, -0.2) is 17.5 Å². The SMILES string of the molecule is CC(=NNC(=O)c1ccoc1C)c1ccc(NC(=O)c2ccc(Cl)cc2)cc1. The number of rotatable bonds is 5. The minimum atomic E-state index is -0.336. The average molecular weight is 396 g/mol. The van der Waals surface area contributed by atoms with Gasteiger partial charge in [0.25, 0.3) is 11.8 Å². The highest BCUT2D eigenvalue weighted by Gasteiger charge is 2.11. The van der Waals surface area contributed by atoms with Gasteiger partial charge in [-0.2, -0.15) is 5.10 Å². The molecule has 1 heterocycles. The van der Waals surface area contributed by atoms with Crippen molar-refractivity contribution in [1.82, 2.24) is 5.43 Å². The van der Waals surface area contributed by atoms with Crippen LogP contribution in [0.4, 0.5) is 5.69 Å². The first-order valence-electron chi connectivity index (χ1n) is 8.50. The molecule has 2 amide bonds.